The zero-order chi connectivity index (χ0) is 12.8. The summed E-state index contributed by atoms with van der Waals surface area (Å²) in [5, 5.41) is 4.28. The predicted octanol–water partition coefficient (Wildman–Crippen LogP) is 0.992. The van der Waals surface area contributed by atoms with Crippen molar-refractivity contribution < 1.29 is 4.79 Å². The number of aromatic nitrogens is 2. The van der Waals surface area contributed by atoms with Gasteiger partial charge in [-0.3, -0.25) is 9.48 Å². The van der Waals surface area contributed by atoms with Gasteiger partial charge in [-0.05, 0) is 12.3 Å². The maximum absolute atomic E-state index is 11.6. The molecule has 0 saturated carbocycles. The van der Waals surface area contributed by atoms with Crippen LogP contribution in [0.25, 0.3) is 0 Å². The van der Waals surface area contributed by atoms with Crippen LogP contribution in [0, 0.1) is 5.41 Å². The van der Waals surface area contributed by atoms with Gasteiger partial charge < -0.3 is 10.6 Å². The van der Waals surface area contributed by atoms with Crippen LogP contribution in [0.15, 0.2) is 12.4 Å². The molecule has 94 valence electrons. The van der Waals surface area contributed by atoms with E-state index in [1.54, 1.807) is 11.1 Å². The van der Waals surface area contributed by atoms with Gasteiger partial charge in [-0.25, -0.2) is 0 Å². The van der Waals surface area contributed by atoms with E-state index < -0.39 is 0 Å². The third-order valence-electron chi connectivity index (χ3n) is 2.98. The molecule has 1 aromatic rings. The number of nitrogens with zero attached hydrogens (tertiary/aromatic N) is 3. The molecule has 0 spiro atoms. The number of anilines is 1. The van der Waals surface area contributed by atoms with Gasteiger partial charge in [-0.2, -0.15) is 5.10 Å². The highest BCUT2D eigenvalue weighted by Crippen LogP contribution is 2.27. The van der Waals surface area contributed by atoms with E-state index >= 15 is 0 Å². The SMILES string of the molecule is C[C@H]1[C@@H](N)C(=O)N1c1cnn(CC(C)(C)C)c1. The summed E-state index contributed by atoms with van der Waals surface area (Å²) in [5.74, 6) is -0.0205. The summed E-state index contributed by atoms with van der Waals surface area (Å²) in [6.07, 6.45) is 3.64. The minimum Gasteiger partial charge on any atom is -0.318 e. The summed E-state index contributed by atoms with van der Waals surface area (Å²) in [6.45, 7) is 9.24. The Hall–Kier alpha value is -1.36. The highest BCUT2D eigenvalue weighted by Gasteiger charge is 2.43. The first-order valence-electron chi connectivity index (χ1n) is 5.91. The van der Waals surface area contributed by atoms with Crippen molar-refractivity contribution in [3.63, 3.8) is 0 Å². The molecule has 0 unspecified atom stereocenters. The third kappa shape index (κ3) is 2.20. The predicted molar refractivity (Wildman–Crippen MR) is 66.6 cm³/mol. The summed E-state index contributed by atoms with van der Waals surface area (Å²) in [7, 11) is 0. The van der Waals surface area contributed by atoms with Crippen LogP contribution in [-0.2, 0) is 11.3 Å². The molecule has 2 N–H and O–H groups in total. The minimum atomic E-state index is -0.360. The van der Waals surface area contributed by atoms with E-state index in [9.17, 15) is 4.79 Å². The van der Waals surface area contributed by atoms with Crippen LogP contribution < -0.4 is 10.6 Å². The van der Waals surface area contributed by atoms with Crippen LogP contribution in [0.5, 0.6) is 0 Å². The summed E-state index contributed by atoms with van der Waals surface area (Å²) in [5.41, 5.74) is 6.70. The number of carbonyl (C=O) groups excluding carboxylic acids is 1. The Balaban J connectivity index is 2.12. The average molecular weight is 236 g/mol. The fraction of sp³-hybridized carbons (Fsp3) is 0.667. The fourth-order valence-corrected chi connectivity index (χ4v) is 2.06. The van der Waals surface area contributed by atoms with Crippen molar-refractivity contribution in [2.24, 2.45) is 11.1 Å². The lowest BCUT2D eigenvalue weighted by Crippen LogP contribution is -2.67. The van der Waals surface area contributed by atoms with Gasteiger partial charge in [-0.1, -0.05) is 20.8 Å². The van der Waals surface area contributed by atoms with Gasteiger partial charge in [0.25, 0.3) is 0 Å². The van der Waals surface area contributed by atoms with Crippen molar-refractivity contribution in [1.82, 2.24) is 9.78 Å². The van der Waals surface area contributed by atoms with E-state index in [0.29, 0.717) is 0 Å². The lowest BCUT2D eigenvalue weighted by molar-refractivity contribution is -0.125. The van der Waals surface area contributed by atoms with Gasteiger partial charge in [-0.15, -0.1) is 0 Å². The molecule has 5 nitrogen and oxygen atoms in total. The van der Waals surface area contributed by atoms with Gasteiger partial charge in [0.05, 0.1) is 17.9 Å². The molecular weight excluding hydrogens is 216 g/mol. The monoisotopic (exact) mass is 236 g/mol. The molecule has 2 heterocycles. The first kappa shape index (κ1) is 12.1. The first-order valence-corrected chi connectivity index (χ1v) is 5.91. The van der Waals surface area contributed by atoms with E-state index in [4.69, 9.17) is 5.73 Å². The Morgan fingerprint density at radius 3 is 2.65 bits per heavy atom. The van der Waals surface area contributed by atoms with Gasteiger partial charge in [0, 0.05) is 12.7 Å². The normalized spacial score (nSPS) is 25.0. The van der Waals surface area contributed by atoms with Gasteiger partial charge in [0.15, 0.2) is 0 Å². The second kappa shape index (κ2) is 3.84. The second-order valence-corrected chi connectivity index (χ2v) is 5.93. The summed E-state index contributed by atoms with van der Waals surface area (Å²) >= 11 is 0. The number of amides is 1. The molecule has 0 radical (unpaired) electrons. The topological polar surface area (TPSA) is 64.2 Å². The highest BCUT2D eigenvalue weighted by molar-refractivity contribution is 6.05. The van der Waals surface area contributed by atoms with Crippen LogP contribution in [0.1, 0.15) is 27.7 Å². The van der Waals surface area contributed by atoms with E-state index in [-0.39, 0.29) is 23.4 Å². The Morgan fingerprint density at radius 1 is 1.47 bits per heavy atom. The molecule has 0 aromatic carbocycles. The first-order chi connectivity index (χ1) is 7.79. The summed E-state index contributed by atoms with van der Waals surface area (Å²) in [6, 6.07) is -0.296. The Labute approximate surface area is 102 Å². The summed E-state index contributed by atoms with van der Waals surface area (Å²) < 4.78 is 1.87. The van der Waals surface area contributed by atoms with Crippen molar-refractivity contribution in [2.45, 2.75) is 46.3 Å². The van der Waals surface area contributed by atoms with Crippen molar-refractivity contribution >= 4 is 11.6 Å². The molecule has 1 aliphatic heterocycles. The number of nitrogens with two attached hydrogens (primary N) is 1. The molecule has 2 rings (SSSR count). The molecule has 1 aromatic heterocycles. The zero-order valence-corrected chi connectivity index (χ0v) is 10.8. The van der Waals surface area contributed by atoms with E-state index in [1.165, 1.54) is 0 Å². The lowest BCUT2D eigenvalue weighted by Gasteiger charge is -2.42. The van der Waals surface area contributed by atoms with E-state index in [0.717, 1.165) is 12.2 Å². The third-order valence-corrected chi connectivity index (χ3v) is 2.98. The summed E-state index contributed by atoms with van der Waals surface area (Å²) in [4.78, 5) is 13.3. The molecule has 1 fully saturated rings. The van der Waals surface area contributed by atoms with Gasteiger partial charge >= 0.3 is 0 Å². The fourth-order valence-electron chi connectivity index (χ4n) is 2.06. The van der Waals surface area contributed by atoms with Crippen molar-refractivity contribution in [2.75, 3.05) is 4.90 Å². The Morgan fingerprint density at radius 2 is 2.12 bits per heavy atom. The Kier molecular flexibility index (Phi) is 2.73. The lowest BCUT2D eigenvalue weighted by atomic mass is 9.97. The van der Waals surface area contributed by atoms with Gasteiger partial charge in [0.1, 0.15) is 6.04 Å². The standard InChI is InChI=1S/C12H20N4O/c1-8-10(13)11(17)16(8)9-5-14-15(6-9)7-12(2,3)4/h5-6,8,10H,7,13H2,1-4H3/t8-,10+/m0/s1. The molecule has 1 aliphatic rings. The highest BCUT2D eigenvalue weighted by atomic mass is 16.2. The van der Waals surface area contributed by atoms with E-state index in [2.05, 4.69) is 25.9 Å². The molecule has 2 atom stereocenters. The van der Waals surface area contributed by atoms with Crippen LogP contribution in [0.4, 0.5) is 5.69 Å². The Bertz CT molecular complexity index is 432. The average Bonchev–Trinajstić information content (AvgIpc) is 2.63. The van der Waals surface area contributed by atoms with Crippen molar-refractivity contribution in [3.8, 4) is 0 Å². The van der Waals surface area contributed by atoms with Crippen molar-refractivity contribution in [1.29, 1.82) is 0 Å². The largest absolute Gasteiger partial charge is 0.318 e. The number of carbonyl (C=O) groups is 1. The number of β-lactam (4-membered cyclic amide) rings is 1. The van der Waals surface area contributed by atoms with Gasteiger partial charge in [0.2, 0.25) is 5.91 Å². The molecule has 0 bridgehead atoms. The quantitative estimate of drug-likeness (QED) is 0.779. The van der Waals surface area contributed by atoms with Crippen LogP contribution in [0.2, 0.25) is 0 Å². The molecule has 5 heteroatoms. The van der Waals surface area contributed by atoms with Crippen LogP contribution in [0.3, 0.4) is 0 Å². The molecule has 17 heavy (non-hydrogen) atoms. The molecule has 0 aliphatic carbocycles. The van der Waals surface area contributed by atoms with Crippen LogP contribution >= 0.6 is 0 Å². The van der Waals surface area contributed by atoms with Crippen molar-refractivity contribution in [3.05, 3.63) is 12.4 Å². The second-order valence-electron chi connectivity index (χ2n) is 5.93. The minimum absolute atomic E-state index is 0.0205. The molecule has 1 amide bonds. The smallest absolute Gasteiger partial charge is 0.246 e. The number of rotatable bonds is 2. The molecular formula is C12H20N4O. The maximum Gasteiger partial charge on any atom is 0.246 e. The number of hydrogen-bond donors (Lipinski definition) is 1. The zero-order valence-electron chi connectivity index (χ0n) is 10.8. The van der Waals surface area contributed by atoms with E-state index in [1.807, 2.05) is 17.8 Å². The van der Waals surface area contributed by atoms with Crippen LogP contribution in [-0.4, -0.2) is 27.8 Å². The number of hydrogen-bond acceptors (Lipinski definition) is 3. The maximum atomic E-state index is 11.6. The molecule has 1 saturated heterocycles.